The minimum absolute atomic E-state index is 0.862. The highest BCUT2D eigenvalue weighted by atomic mass is 32.2. The van der Waals surface area contributed by atoms with E-state index in [0.717, 1.165) is 24.5 Å². The van der Waals surface area contributed by atoms with Crippen LogP contribution in [0.5, 0.6) is 0 Å². The van der Waals surface area contributed by atoms with Crippen LogP contribution in [0.1, 0.15) is 18.2 Å². The van der Waals surface area contributed by atoms with Gasteiger partial charge in [-0.25, -0.2) is 0 Å². The summed E-state index contributed by atoms with van der Waals surface area (Å²) in [6, 6.07) is 8.66. The Hall–Kier alpha value is -1.33. The van der Waals surface area contributed by atoms with Crippen molar-refractivity contribution in [2.45, 2.75) is 24.1 Å². The van der Waals surface area contributed by atoms with Crippen molar-refractivity contribution >= 4 is 11.8 Å². The molecule has 1 N–H and O–H groups in total. The fourth-order valence-electron chi connectivity index (χ4n) is 1.59. The van der Waals surface area contributed by atoms with Crippen LogP contribution in [0, 0.1) is 0 Å². The predicted octanol–water partition coefficient (Wildman–Crippen LogP) is 2.22. The number of aryl methyl sites for hydroxylation is 1. The Balaban J connectivity index is 1.86. The minimum Gasteiger partial charge on any atom is -0.313 e. The van der Waals surface area contributed by atoms with Gasteiger partial charge >= 0.3 is 0 Å². The summed E-state index contributed by atoms with van der Waals surface area (Å²) in [6.07, 6.45) is 1.95. The Labute approximate surface area is 112 Å². The van der Waals surface area contributed by atoms with E-state index < -0.39 is 0 Å². The lowest BCUT2D eigenvalue weighted by atomic mass is 10.2. The van der Waals surface area contributed by atoms with Crippen molar-refractivity contribution < 1.29 is 0 Å². The molecule has 0 saturated heterocycles. The molecule has 0 bridgehead atoms. The molecule has 0 saturated carbocycles. The van der Waals surface area contributed by atoms with Gasteiger partial charge in [-0.3, -0.25) is 4.68 Å². The van der Waals surface area contributed by atoms with Crippen LogP contribution < -0.4 is 5.32 Å². The molecule has 0 radical (unpaired) electrons. The van der Waals surface area contributed by atoms with Crippen LogP contribution in [0.4, 0.5) is 0 Å². The summed E-state index contributed by atoms with van der Waals surface area (Å²) in [5, 5.41) is 11.3. The Kier molecular flexibility index (Phi) is 4.78. The van der Waals surface area contributed by atoms with E-state index in [0.29, 0.717) is 0 Å². The lowest BCUT2D eigenvalue weighted by Gasteiger charge is -2.03. The fourth-order valence-corrected chi connectivity index (χ4v) is 2.37. The molecule has 1 aromatic carbocycles. The van der Waals surface area contributed by atoms with E-state index in [1.54, 1.807) is 16.4 Å². The fraction of sp³-hybridized carbons (Fsp3) is 0.385. The van der Waals surface area contributed by atoms with Gasteiger partial charge in [0, 0.05) is 30.4 Å². The molecular weight excluding hydrogens is 244 g/mol. The van der Waals surface area contributed by atoms with Crippen LogP contribution in [0.25, 0.3) is 0 Å². The first-order valence-corrected chi connectivity index (χ1v) is 7.04. The third-order valence-electron chi connectivity index (χ3n) is 2.54. The van der Waals surface area contributed by atoms with Gasteiger partial charge in [0.25, 0.3) is 0 Å². The molecular formula is C13H18N4S. The second-order valence-electron chi connectivity index (χ2n) is 4.10. The highest BCUT2D eigenvalue weighted by molar-refractivity contribution is 7.98. The molecule has 0 aliphatic heterocycles. The van der Waals surface area contributed by atoms with Crippen molar-refractivity contribution in [1.82, 2.24) is 20.3 Å². The Morgan fingerprint density at radius 2 is 2.06 bits per heavy atom. The maximum absolute atomic E-state index is 4.07. The zero-order valence-corrected chi connectivity index (χ0v) is 11.6. The van der Waals surface area contributed by atoms with E-state index in [4.69, 9.17) is 0 Å². The molecule has 0 aliphatic carbocycles. The molecule has 0 atom stereocenters. The molecule has 0 spiro atoms. The van der Waals surface area contributed by atoms with Crippen LogP contribution in [-0.4, -0.2) is 21.5 Å². The first-order chi connectivity index (χ1) is 8.78. The summed E-state index contributed by atoms with van der Waals surface area (Å²) in [6.45, 7) is 4.06. The van der Waals surface area contributed by atoms with Crippen LogP contribution in [-0.2, 0) is 19.3 Å². The van der Waals surface area contributed by atoms with Crippen LogP contribution in [0.3, 0.4) is 0 Å². The molecule has 1 heterocycles. The van der Waals surface area contributed by atoms with Gasteiger partial charge in [0.1, 0.15) is 0 Å². The van der Waals surface area contributed by atoms with E-state index in [-0.39, 0.29) is 0 Å². The number of hydrogen-bond donors (Lipinski definition) is 1. The van der Waals surface area contributed by atoms with Crippen molar-refractivity contribution in [1.29, 1.82) is 0 Å². The number of rotatable bonds is 6. The largest absolute Gasteiger partial charge is 0.313 e. The molecule has 2 aromatic rings. The molecule has 0 fully saturated rings. The topological polar surface area (TPSA) is 42.7 Å². The standard InChI is InChI=1S/C13H18N4S/c1-3-14-8-11-4-6-13(7-5-11)18-10-12-9-17(2)16-15-12/h4-7,9,14H,3,8,10H2,1-2H3. The SMILES string of the molecule is CCNCc1ccc(SCc2cn(C)nn2)cc1. The Morgan fingerprint density at radius 1 is 1.28 bits per heavy atom. The number of thioether (sulfide) groups is 1. The summed E-state index contributed by atoms with van der Waals surface area (Å²) < 4.78 is 1.73. The summed E-state index contributed by atoms with van der Waals surface area (Å²) in [5.41, 5.74) is 2.33. The maximum Gasteiger partial charge on any atom is 0.0929 e. The number of aromatic nitrogens is 3. The summed E-state index contributed by atoms with van der Waals surface area (Å²) >= 11 is 1.78. The van der Waals surface area contributed by atoms with Gasteiger partial charge in [-0.2, -0.15) is 0 Å². The smallest absolute Gasteiger partial charge is 0.0929 e. The lowest BCUT2D eigenvalue weighted by molar-refractivity contribution is 0.714. The van der Waals surface area contributed by atoms with Gasteiger partial charge in [-0.1, -0.05) is 24.3 Å². The minimum atomic E-state index is 0.862. The van der Waals surface area contributed by atoms with Crippen molar-refractivity contribution in [3.63, 3.8) is 0 Å². The first-order valence-electron chi connectivity index (χ1n) is 6.05. The van der Waals surface area contributed by atoms with Crippen LogP contribution in [0.2, 0.25) is 0 Å². The van der Waals surface area contributed by atoms with Gasteiger partial charge in [0.05, 0.1) is 5.69 Å². The number of benzene rings is 1. The first kappa shape index (κ1) is 13.1. The molecule has 96 valence electrons. The lowest BCUT2D eigenvalue weighted by Crippen LogP contribution is -2.11. The van der Waals surface area contributed by atoms with Gasteiger partial charge in [-0.15, -0.1) is 16.9 Å². The zero-order valence-electron chi connectivity index (χ0n) is 10.8. The van der Waals surface area contributed by atoms with E-state index >= 15 is 0 Å². The quantitative estimate of drug-likeness (QED) is 0.811. The number of hydrogen-bond acceptors (Lipinski definition) is 4. The second kappa shape index (κ2) is 6.56. The summed E-state index contributed by atoms with van der Waals surface area (Å²) in [4.78, 5) is 1.26. The Morgan fingerprint density at radius 3 is 2.67 bits per heavy atom. The third-order valence-corrected chi connectivity index (χ3v) is 3.58. The maximum atomic E-state index is 4.07. The molecule has 0 amide bonds. The van der Waals surface area contributed by atoms with E-state index in [1.165, 1.54) is 10.5 Å². The molecule has 18 heavy (non-hydrogen) atoms. The van der Waals surface area contributed by atoms with Crippen molar-refractivity contribution in [2.24, 2.45) is 7.05 Å². The van der Waals surface area contributed by atoms with Gasteiger partial charge in [0.15, 0.2) is 0 Å². The van der Waals surface area contributed by atoms with Crippen molar-refractivity contribution in [3.05, 3.63) is 41.7 Å². The average molecular weight is 262 g/mol. The zero-order chi connectivity index (χ0) is 12.8. The second-order valence-corrected chi connectivity index (χ2v) is 5.15. The Bertz CT molecular complexity index is 478. The van der Waals surface area contributed by atoms with E-state index in [9.17, 15) is 0 Å². The van der Waals surface area contributed by atoms with Crippen LogP contribution in [0.15, 0.2) is 35.4 Å². The van der Waals surface area contributed by atoms with Gasteiger partial charge in [-0.05, 0) is 24.2 Å². The van der Waals surface area contributed by atoms with Gasteiger partial charge < -0.3 is 5.32 Å². The molecule has 2 rings (SSSR count). The van der Waals surface area contributed by atoms with Crippen LogP contribution >= 0.6 is 11.8 Å². The number of nitrogens with zero attached hydrogens (tertiary/aromatic N) is 3. The molecule has 1 aromatic heterocycles. The highest BCUT2D eigenvalue weighted by Gasteiger charge is 2.00. The van der Waals surface area contributed by atoms with Gasteiger partial charge in [0.2, 0.25) is 0 Å². The summed E-state index contributed by atoms with van der Waals surface area (Å²) in [7, 11) is 1.89. The average Bonchev–Trinajstić information content (AvgIpc) is 2.81. The predicted molar refractivity (Wildman–Crippen MR) is 74.4 cm³/mol. The normalized spacial score (nSPS) is 10.8. The number of nitrogens with one attached hydrogen (secondary N) is 1. The molecule has 5 heteroatoms. The third kappa shape index (κ3) is 3.85. The van der Waals surface area contributed by atoms with E-state index in [1.807, 2.05) is 13.2 Å². The molecule has 0 unspecified atom stereocenters. The highest BCUT2D eigenvalue weighted by Crippen LogP contribution is 2.21. The monoisotopic (exact) mass is 262 g/mol. The molecule has 0 aliphatic rings. The molecule has 4 nitrogen and oxygen atoms in total. The van der Waals surface area contributed by atoms with Crippen molar-refractivity contribution in [2.75, 3.05) is 6.54 Å². The van der Waals surface area contributed by atoms with E-state index in [2.05, 4.69) is 46.8 Å². The summed E-state index contributed by atoms with van der Waals surface area (Å²) in [5.74, 6) is 0.862. The van der Waals surface area contributed by atoms with Crippen molar-refractivity contribution in [3.8, 4) is 0 Å².